The smallest absolute Gasteiger partial charge is 0.328 e. The molecule has 0 atom stereocenters. The number of tetrazole rings is 1. The highest BCUT2D eigenvalue weighted by atomic mass is 32.2. The number of hydrogen-bond acceptors (Lipinski definition) is 7. The lowest BCUT2D eigenvalue weighted by Crippen LogP contribution is -2.39. The van der Waals surface area contributed by atoms with Gasteiger partial charge in [-0.2, -0.15) is 0 Å². The van der Waals surface area contributed by atoms with Crippen molar-refractivity contribution < 1.29 is 0 Å². The van der Waals surface area contributed by atoms with Crippen molar-refractivity contribution in [2.24, 2.45) is 20.0 Å². The molecule has 0 aliphatic heterocycles. The van der Waals surface area contributed by atoms with Gasteiger partial charge in [0.05, 0.1) is 6.33 Å². The van der Waals surface area contributed by atoms with E-state index in [0.29, 0.717) is 35.8 Å². The maximum atomic E-state index is 12.6. The largest absolute Gasteiger partial charge is 0.332 e. The third-order valence-electron chi connectivity index (χ3n) is 4.00. The summed E-state index contributed by atoms with van der Waals surface area (Å²) in [5, 5.41) is 12.5. The van der Waals surface area contributed by atoms with Crippen molar-refractivity contribution in [3.63, 3.8) is 0 Å². The lowest BCUT2D eigenvalue weighted by atomic mass is 10.2. The Morgan fingerprint density at radius 1 is 1.23 bits per heavy atom. The zero-order valence-electron chi connectivity index (χ0n) is 15.3. The van der Waals surface area contributed by atoms with Gasteiger partial charge in [-0.05, 0) is 22.8 Å². The van der Waals surface area contributed by atoms with Crippen LogP contribution in [0.4, 0.5) is 0 Å². The Hall–Kier alpha value is -2.43. The van der Waals surface area contributed by atoms with Gasteiger partial charge in [0.15, 0.2) is 11.2 Å². The van der Waals surface area contributed by atoms with Crippen molar-refractivity contribution >= 4 is 22.9 Å². The van der Waals surface area contributed by atoms with Crippen molar-refractivity contribution in [1.29, 1.82) is 0 Å². The molecule has 0 aromatic carbocycles. The van der Waals surface area contributed by atoms with E-state index < -0.39 is 0 Å². The quantitative estimate of drug-likeness (QED) is 0.429. The normalized spacial score (nSPS) is 11.7. The van der Waals surface area contributed by atoms with Crippen LogP contribution in [0.25, 0.3) is 11.2 Å². The summed E-state index contributed by atoms with van der Waals surface area (Å²) in [5.41, 5.74) is 0.176. The molecule has 0 spiro atoms. The van der Waals surface area contributed by atoms with Gasteiger partial charge < -0.3 is 4.57 Å². The topological polar surface area (TPSA) is 105 Å². The Bertz CT molecular complexity index is 1030. The fourth-order valence-electron chi connectivity index (χ4n) is 2.74. The van der Waals surface area contributed by atoms with Crippen LogP contribution in [0.5, 0.6) is 0 Å². The molecule has 0 saturated carbocycles. The van der Waals surface area contributed by atoms with Gasteiger partial charge in [0.1, 0.15) is 0 Å². The van der Waals surface area contributed by atoms with Crippen LogP contribution in [0.3, 0.4) is 0 Å². The molecule has 0 amide bonds. The van der Waals surface area contributed by atoms with E-state index in [2.05, 4.69) is 34.4 Å². The van der Waals surface area contributed by atoms with Gasteiger partial charge in [-0.25, -0.2) is 14.5 Å². The van der Waals surface area contributed by atoms with Crippen LogP contribution in [0.1, 0.15) is 20.3 Å². The highest BCUT2D eigenvalue weighted by molar-refractivity contribution is 7.99. The second kappa shape index (κ2) is 7.44. The lowest BCUT2D eigenvalue weighted by Gasteiger charge is -2.09. The molecular formula is C15H22N8O2S. The molecular weight excluding hydrogens is 356 g/mol. The minimum Gasteiger partial charge on any atom is -0.328 e. The number of aromatic nitrogens is 8. The van der Waals surface area contributed by atoms with E-state index in [-0.39, 0.29) is 11.2 Å². The summed E-state index contributed by atoms with van der Waals surface area (Å²) in [5.74, 6) is 1.15. The fourth-order valence-corrected chi connectivity index (χ4v) is 3.55. The number of rotatable bonds is 7. The molecule has 0 fully saturated rings. The zero-order chi connectivity index (χ0) is 18.8. The van der Waals surface area contributed by atoms with Crippen molar-refractivity contribution in [3.05, 3.63) is 27.2 Å². The van der Waals surface area contributed by atoms with Crippen LogP contribution in [0.2, 0.25) is 0 Å². The van der Waals surface area contributed by atoms with E-state index in [4.69, 9.17) is 0 Å². The molecule has 0 bridgehead atoms. The van der Waals surface area contributed by atoms with Gasteiger partial charge in [0.2, 0.25) is 5.16 Å². The number of thioether (sulfide) groups is 1. The summed E-state index contributed by atoms with van der Waals surface area (Å²) in [6.07, 6.45) is 2.19. The molecule has 10 nitrogen and oxygen atoms in total. The Kier molecular flexibility index (Phi) is 5.25. The minimum absolute atomic E-state index is 0.308. The maximum Gasteiger partial charge on any atom is 0.332 e. The van der Waals surface area contributed by atoms with E-state index >= 15 is 0 Å². The summed E-state index contributed by atoms with van der Waals surface area (Å²) in [6, 6.07) is 0. The summed E-state index contributed by atoms with van der Waals surface area (Å²) in [6.45, 7) is 5.30. The van der Waals surface area contributed by atoms with Gasteiger partial charge in [0.25, 0.3) is 5.56 Å². The van der Waals surface area contributed by atoms with Gasteiger partial charge in [0, 0.05) is 32.9 Å². The fraction of sp³-hybridized carbons (Fsp3) is 0.600. The summed E-state index contributed by atoms with van der Waals surface area (Å²) < 4.78 is 6.10. The lowest BCUT2D eigenvalue weighted by molar-refractivity contribution is 0.445. The molecule has 0 radical (unpaired) electrons. The first-order chi connectivity index (χ1) is 12.4. The van der Waals surface area contributed by atoms with Gasteiger partial charge >= 0.3 is 5.69 Å². The molecule has 26 heavy (non-hydrogen) atoms. The Labute approximate surface area is 153 Å². The first-order valence-electron chi connectivity index (χ1n) is 8.40. The molecule has 0 aliphatic rings. The zero-order valence-corrected chi connectivity index (χ0v) is 16.1. The van der Waals surface area contributed by atoms with Crippen molar-refractivity contribution in [3.8, 4) is 0 Å². The predicted molar refractivity (Wildman–Crippen MR) is 98.2 cm³/mol. The first kappa shape index (κ1) is 18.4. The SMILES string of the molecule is CC(C)Cn1nnnc1SCCCn1c(=O)c2c(ncn2C)n(C)c1=O. The van der Waals surface area contributed by atoms with E-state index in [1.165, 1.54) is 20.9 Å². The Balaban J connectivity index is 1.71. The third-order valence-corrected chi connectivity index (χ3v) is 5.04. The number of nitrogens with zero attached hydrogens (tertiary/aromatic N) is 8. The molecule has 11 heteroatoms. The van der Waals surface area contributed by atoms with Crippen molar-refractivity contribution in [2.75, 3.05) is 5.75 Å². The molecule has 0 N–H and O–H groups in total. The molecule has 3 aromatic heterocycles. The number of imidazole rings is 1. The average Bonchev–Trinajstić information content (AvgIpc) is 3.18. The Morgan fingerprint density at radius 2 is 2.00 bits per heavy atom. The standard InChI is InChI=1S/C15H22N8O2S/c1-10(2)8-23-14(17-18-19-23)26-7-5-6-22-13(24)11-12(16-9-20(11)3)21(4)15(22)25/h9-10H,5-8H2,1-4H3. The van der Waals surface area contributed by atoms with E-state index in [0.717, 1.165) is 11.7 Å². The molecule has 0 aliphatic carbocycles. The molecule has 3 heterocycles. The van der Waals surface area contributed by atoms with Crippen LogP contribution in [0, 0.1) is 5.92 Å². The van der Waals surface area contributed by atoms with E-state index in [1.807, 2.05) is 0 Å². The van der Waals surface area contributed by atoms with Crippen LogP contribution in [-0.2, 0) is 27.2 Å². The van der Waals surface area contributed by atoms with E-state index in [1.54, 1.807) is 29.7 Å². The van der Waals surface area contributed by atoms with Gasteiger partial charge in [-0.15, -0.1) is 5.10 Å². The predicted octanol–water partition coefficient (Wildman–Crippen LogP) is 0.259. The van der Waals surface area contributed by atoms with Crippen molar-refractivity contribution in [2.45, 2.75) is 38.5 Å². The maximum absolute atomic E-state index is 12.6. The van der Waals surface area contributed by atoms with E-state index in [9.17, 15) is 9.59 Å². The van der Waals surface area contributed by atoms with Gasteiger partial charge in [-0.1, -0.05) is 25.6 Å². The van der Waals surface area contributed by atoms with Crippen LogP contribution < -0.4 is 11.2 Å². The molecule has 140 valence electrons. The summed E-state index contributed by atoms with van der Waals surface area (Å²) in [4.78, 5) is 29.2. The summed E-state index contributed by atoms with van der Waals surface area (Å²) >= 11 is 1.52. The van der Waals surface area contributed by atoms with Crippen LogP contribution >= 0.6 is 11.8 Å². The van der Waals surface area contributed by atoms with Crippen LogP contribution in [-0.4, -0.2) is 44.6 Å². The van der Waals surface area contributed by atoms with Gasteiger partial charge in [-0.3, -0.25) is 13.9 Å². The number of hydrogen-bond donors (Lipinski definition) is 0. The minimum atomic E-state index is -0.351. The Morgan fingerprint density at radius 3 is 2.73 bits per heavy atom. The molecule has 3 aromatic rings. The monoisotopic (exact) mass is 378 g/mol. The highest BCUT2D eigenvalue weighted by Crippen LogP contribution is 2.16. The van der Waals surface area contributed by atoms with Crippen molar-refractivity contribution in [1.82, 2.24) is 38.9 Å². The number of fused-ring (bicyclic) bond motifs is 1. The molecule has 3 rings (SSSR count). The second-order valence-corrected chi connectivity index (χ2v) is 7.63. The number of aryl methyl sites for hydroxylation is 2. The molecule has 0 unspecified atom stereocenters. The third kappa shape index (κ3) is 3.43. The second-order valence-electron chi connectivity index (χ2n) is 6.57. The molecule has 0 saturated heterocycles. The summed E-state index contributed by atoms with van der Waals surface area (Å²) in [7, 11) is 3.37. The highest BCUT2D eigenvalue weighted by Gasteiger charge is 2.15. The first-order valence-corrected chi connectivity index (χ1v) is 9.38. The average molecular weight is 378 g/mol. The van der Waals surface area contributed by atoms with Crippen LogP contribution in [0.15, 0.2) is 21.1 Å².